The average molecular weight is 624 g/mol. The van der Waals surface area contributed by atoms with E-state index < -0.39 is 19.0 Å². The molecule has 0 radical (unpaired) electrons. The first-order valence-electron chi connectivity index (χ1n) is 14.8. The molecule has 5 aromatic rings. The molecule has 0 aliphatic rings. The summed E-state index contributed by atoms with van der Waals surface area (Å²) in [7, 11) is 0. The molecule has 1 N–H and O–H groups in total. The topological polar surface area (TPSA) is 89.9 Å². The number of ether oxygens (including phenoxy) is 1. The van der Waals surface area contributed by atoms with Crippen molar-refractivity contribution in [2.45, 2.75) is 58.4 Å². The van der Waals surface area contributed by atoms with Crippen LogP contribution in [0.5, 0.6) is 5.75 Å². The Kier molecular flexibility index (Phi) is 9.27. The molecule has 0 saturated carbocycles. The van der Waals surface area contributed by atoms with Crippen molar-refractivity contribution in [3.8, 4) is 5.75 Å². The van der Waals surface area contributed by atoms with Crippen LogP contribution in [0.3, 0.4) is 0 Å². The van der Waals surface area contributed by atoms with Crippen LogP contribution < -0.4 is 4.74 Å². The minimum absolute atomic E-state index is 0.00960. The summed E-state index contributed by atoms with van der Waals surface area (Å²) in [5.74, 6) is -3.95. The number of rotatable bonds is 13. The van der Waals surface area contributed by atoms with Crippen molar-refractivity contribution in [3.63, 3.8) is 0 Å². The number of unbranched alkanes of at least 4 members (excludes halogenated alkanes) is 1. The van der Waals surface area contributed by atoms with Crippen molar-refractivity contribution in [3.05, 3.63) is 94.0 Å². The zero-order valence-corrected chi connectivity index (χ0v) is 24.9. The van der Waals surface area contributed by atoms with Gasteiger partial charge >= 0.3 is 12.3 Å². The van der Waals surface area contributed by atoms with E-state index in [0.717, 1.165) is 54.0 Å². The number of hydrogen-bond acceptors (Lipinski definition) is 5. The van der Waals surface area contributed by atoms with Crippen molar-refractivity contribution in [1.29, 1.82) is 0 Å². The van der Waals surface area contributed by atoms with E-state index in [9.17, 15) is 32.9 Å². The quantitative estimate of drug-likeness (QED) is 0.0465. The standard InChI is InChI=1S/C34H33F4N3O4/c1-3-5-8-21(4-2)19-40-29-16-13-23(31(39-42)22-11-14-24(15-12-22)45-20-34(37,38)33(35)36)17-27(29)28-18-30(41(43)44)25-9-6-7-10-26(25)32(28)40/h6-7,9-18,21,33,42H,3-5,8,19-20H2,1-2H3/b39-31+. The molecule has 45 heavy (non-hydrogen) atoms. The maximum atomic E-state index is 13.3. The molecule has 5 rings (SSSR count). The molecule has 1 atom stereocenters. The van der Waals surface area contributed by atoms with Crippen molar-refractivity contribution in [1.82, 2.24) is 4.57 Å². The van der Waals surface area contributed by atoms with Gasteiger partial charge < -0.3 is 14.5 Å². The van der Waals surface area contributed by atoms with Gasteiger partial charge in [0, 0.05) is 45.4 Å². The van der Waals surface area contributed by atoms with E-state index >= 15 is 0 Å². The molecular weight excluding hydrogens is 590 g/mol. The fourth-order valence-corrected chi connectivity index (χ4v) is 5.84. The summed E-state index contributed by atoms with van der Waals surface area (Å²) >= 11 is 0. The highest BCUT2D eigenvalue weighted by molar-refractivity contribution is 6.22. The van der Waals surface area contributed by atoms with Crippen LogP contribution in [0.2, 0.25) is 0 Å². The van der Waals surface area contributed by atoms with E-state index in [1.54, 1.807) is 24.3 Å². The van der Waals surface area contributed by atoms with E-state index in [1.165, 1.54) is 24.3 Å². The van der Waals surface area contributed by atoms with Gasteiger partial charge in [0.25, 0.3) is 5.69 Å². The zero-order valence-electron chi connectivity index (χ0n) is 24.9. The van der Waals surface area contributed by atoms with Crippen LogP contribution in [0.1, 0.15) is 50.7 Å². The summed E-state index contributed by atoms with van der Waals surface area (Å²) in [5, 5.41) is 28.5. The van der Waals surface area contributed by atoms with Gasteiger partial charge in [-0.05, 0) is 54.8 Å². The molecule has 0 fully saturated rings. The smallest absolute Gasteiger partial charge is 0.340 e. The van der Waals surface area contributed by atoms with Crippen molar-refractivity contribution >= 4 is 44.0 Å². The summed E-state index contributed by atoms with van der Waals surface area (Å²) in [5.41, 5.74) is 2.85. The van der Waals surface area contributed by atoms with Gasteiger partial charge in [-0.1, -0.05) is 62.5 Å². The van der Waals surface area contributed by atoms with Crippen molar-refractivity contribution in [2.24, 2.45) is 11.1 Å². The lowest BCUT2D eigenvalue weighted by atomic mass is 9.99. The third-order valence-corrected chi connectivity index (χ3v) is 8.27. The van der Waals surface area contributed by atoms with Gasteiger partial charge in [0.05, 0.1) is 15.8 Å². The Morgan fingerprint density at radius 1 is 0.978 bits per heavy atom. The lowest BCUT2D eigenvalue weighted by Crippen LogP contribution is -2.33. The molecule has 1 heterocycles. The number of benzene rings is 4. The predicted molar refractivity (Wildman–Crippen MR) is 167 cm³/mol. The SMILES string of the molecule is CCCCC(CC)Cn1c2ccc(/C(=N/O)c3ccc(OCC(F)(F)C(F)F)cc3)cc2c2cc([N+](=O)[O-])c3ccccc3c21. The highest BCUT2D eigenvalue weighted by atomic mass is 19.3. The molecule has 0 saturated heterocycles. The predicted octanol–water partition coefficient (Wildman–Crippen LogP) is 9.58. The number of non-ortho nitro benzene ring substituents is 1. The first-order chi connectivity index (χ1) is 21.6. The number of halogens is 4. The minimum Gasteiger partial charge on any atom is -0.487 e. The number of aromatic nitrogens is 1. The van der Waals surface area contributed by atoms with Crippen LogP contribution in [-0.2, 0) is 6.54 Å². The van der Waals surface area contributed by atoms with Crippen LogP contribution in [0.4, 0.5) is 23.2 Å². The van der Waals surface area contributed by atoms with Crippen LogP contribution >= 0.6 is 0 Å². The van der Waals surface area contributed by atoms with Gasteiger partial charge in [-0.2, -0.15) is 8.78 Å². The molecule has 0 aliphatic heterocycles. The van der Waals surface area contributed by atoms with E-state index in [0.29, 0.717) is 27.8 Å². The molecule has 1 unspecified atom stereocenters. The molecular formula is C34H33F4N3O4. The first kappa shape index (κ1) is 31.7. The summed E-state index contributed by atoms with van der Waals surface area (Å²) in [4.78, 5) is 11.8. The van der Waals surface area contributed by atoms with Gasteiger partial charge in [-0.15, -0.1) is 0 Å². The van der Waals surface area contributed by atoms with Gasteiger partial charge in [-0.25, -0.2) is 8.78 Å². The largest absolute Gasteiger partial charge is 0.487 e. The number of fused-ring (bicyclic) bond motifs is 5. The third-order valence-electron chi connectivity index (χ3n) is 8.27. The van der Waals surface area contributed by atoms with Crippen LogP contribution in [0.25, 0.3) is 32.6 Å². The maximum absolute atomic E-state index is 13.3. The van der Waals surface area contributed by atoms with Crippen LogP contribution in [0, 0.1) is 16.0 Å². The van der Waals surface area contributed by atoms with E-state index in [1.807, 2.05) is 24.3 Å². The lowest BCUT2D eigenvalue weighted by molar-refractivity contribution is -0.382. The Balaban J connectivity index is 1.62. The molecule has 0 aliphatic carbocycles. The maximum Gasteiger partial charge on any atom is 0.340 e. The molecule has 7 nitrogen and oxygen atoms in total. The van der Waals surface area contributed by atoms with Crippen molar-refractivity contribution in [2.75, 3.05) is 6.61 Å². The molecule has 1 aromatic heterocycles. The third kappa shape index (κ3) is 6.29. The van der Waals surface area contributed by atoms with E-state index in [-0.39, 0.29) is 22.1 Å². The summed E-state index contributed by atoms with van der Waals surface area (Å²) in [6, 6.07) is 20.0. The Morgan fingerprint density at radius 2 is 1.67 bits per heavy atom. The highest BCUT2D eigenvalue weighted by Gasteiger charge is 2.41. The number of nitro benzene ring substituents is 1. The monoisotopic (exact) mass is 623 g/mol. The van der Waals surface area contributed by atoms with Crippen LogP contribution in [-0.4, -0.2) is 39.4 Å². The Bertz CT molecular complexity index is 1870. The van der Waals surface area contributed by atoms with Crippen LogP contribution in [0.15, 0.2) is 78.0 Å². The van der Waals surface area contributed by atoms with Gasteiger partial charge in [-0.3, -0.25) is 10.1 Å². The fraction of sp³-hybridized carbons (Fsp3) is 0.324. The molecule has 11 heteroatoms. The van der Waals surface area contributed by atoms with Crippen molar-refractivity contribution < 1.29 is 32.4 Å². The average Bonchev–Trinajstić information content (AvgIpc) is 3.35. The molecule has 0 bridgehead atoms. The molecule has 4 aromatic carbocycles. The first-order valence-corrected chi connectivity index (χ1v) is 14.8. The number of alkyl halides is 4. The normalized spacial score (nSPS) is 13.3. The molecule has 0 spiro atoms. The second-order valence-corrected chi connectivity index (χ2v) is 11.2. The van der Waals surface area contributed by atoms with Gasteiger partial charge in [0.1, 0.15) is 11.5 Å². The lowest BCUT2D eigenvalue weighted by Gasteiger charge is -2.18. The Labute approximate surface area is 256 Å². The highest BCUT2D eigenvalue weighted by Crippen LogP contribution is 2.40. The summed E-state index contributed by atoms with van der Waals surface area (Å²) in [6.45, 7) is 3.57. The second kappa shape index (κ2) is 13.1. The van der Waals surface area contributed by atoms with Gasteiger partial charge in [0.2, 0.25) is 0 Å². The Morgan fingerprint density at radius 3 is 2.29 bits per heavy atom. The zero-order chi connectivity index (χ0) is 32.3. The molecule has 0 amide bonds. The van der Waals surface area contributed by atoms with E-state index in [2.05, 4.69) is 23.6 Å². The van der Waals surface area contributed by atoms with E-state index in [4.69, 9.17) is 4.74 Å². The van der Waals surface area contributed by atoms with Gasteiger partial charge in [0.15, 0.2) is 6.61 Å². The number of nitro groups is 1. The number of hydrogen-bond donors (Lipinski definition) is 1. The number of oxime groups is 1. The minimum atomic E-state index is -4.29. The molecule has 236 valence electrons. The fourth-order valence-electron chi connectivity index (χ4n) is 5.84. The summed E-state index contributed by atoms with van der Waals surface area (Å²) < 4.78 is 58.7. The summed E-state index contributed by atoms with van der Waals surface area (Å²) in [6.07, 6.45) is 0.360. The Hall–Kier alpha value is -4.67. The second-order valence-electron chi connectivity index (χ2n) is 11.2. The number of nitrogens with zero attached hydrogens (tertiary/aromatic N) is 3.